The summed E-state index contributed by atoms with van der Waals surface area (Å²) in [6.45, 7) is 2.34. The zero-order valence-electron chi connectivity index (χ0n) is 17.6. The van der Waals surface area contributed by atoms with E-state index < -0.39 is 21.9 Å². The van der Waals surface area contributed by atoms with Crippen LogP contribution in [0.2, 0.25) is 0 Å². The highest BCUT2D eigenvalue weighted by Gasteiger charge is 2.31. The molecule has 1 aliphatic heterocycles. The summed E-state index contributed by atoms with van der Waals surface area (Å²) in [4.78, 5) is 14.5. The van der Waals surface area contributed by atoms with E-state index >= 15 is 4.39 Å². The lowest BCUT2D eigenvalue weighted by atomic mass is 10.0. The molecular weight excluding hydrogens is 440 g/mol. The Morgan fingerprint density at radius 3 is 2.81 bits per heavy atom. The number of pyridine rings is 1. The van der Waals surface area contributed by atoms with Gasteiger partial charge in [-0.05, 0) is 36.6 Å². The molecule has 1 aliphatic rings. The summed E-state index contributed by atoms with van der Waals surface area (Å²) in [7, 11) is -2.74. The van der Waals surface area contributed by atoms with Gasteiger partial charge in [0, 0.05) is 26.3 Å². The number of hydrogen-bond donors (Lipinski definition) is 1. The quantitative estimate of drug-likeness (QED) is 0.608. The molecule has 1 saturated heterocycles. The van der Waals surface area contributed by atoms with Crippen LogP contribution in [-0.2, 0) is 10.2 Å². The van der Waals surface area contributed by atoms with Crippen LogP contribution in [0.1, 0.15) is 41.7 Å². The fraction of sp³-hybridized carbons (Fsp3) is 0.333. The van der Waals surface area contributed by atoms with Crippen LogP contribution < -0.4 is 9.62 Å². The number of amides is 1. The first kappa shape index (κ1) is 22.2. The topological polar surface area (TPSA) is 87.0 Å². The molecule has 1 atom stereocenters. The summed E-state index contributed by atoms with van der Waals surface area (Å²) in [6, 6.07) is 7.55. The highest BCUT2D eigenvalue weighted by molar-refractivity contribution is 7.87. The average Bonchev–Trinajstić information content (AvgIpc) is 3.40. The van der Waals surface area contributed by atoms with Crippen LogP contribution in [0.3, 0.4) is 0 Å². The molecule has 0 radical (unpaired) electrons. The van der Waals surface area contributed by atoms with Crippen LogP contribution in [0.4, 0.5) is 14.5 Å². The van der Waals surface area contributed by atoms with Gasteiger partial charge < -0.3 is 4.90 Å². The summed E-state index contributed by atoms with van der Waals surface area (Å²) in [5.41, 5.74) is 0.660. The number of anilines is 1. The minimum Gasteiger partial charge on any atom is -0.362 e. The van der Waals surface area contributed by atoms with Crippen molar-refractivity contribution in [3.8, 4) is 0 Å². The number of rotatable bonds is 6. The first-order chi connectivity index (χ1) is 15.2. The van der Waals surface area contributed by atoms with E-state index in [1.807, 2.05) is 9.62 Å². The van der Waals surface area contributed by atoms with E-state index in [4.69, 9.17) is 0 Å². The lowest BCUT2D eigenvalue weighted by Crippen LogP contribution is -2.41. The van der Waals surface area contributed by atoms with E-state index in [2.05, 4.69) is 5.10 Å². The smallest absolute Gasteiger partial charge is 0.303 e. The van der Waals surface area contributed by atoms with Crippen molar-refractivity contribution in [3.05, 3.63) is 65.5 Å². The van der Waals surface area contributed by atoms with E-state index in [0.717, 1.165) is 28.9 Å². The van der Waals surface area contributed by atoms with Gasteiger partial charge in [-0.1, -0.05) is 19.1 Å². The Balaban J connectivity index is 1.72. The molecule has 1 amide bonds. The van der Waals surface area contributed by atoms with Crippen molar-refractivity contribution < 1.29 is 22.0 Å². The third-order valence-corrected chi connectivity index (χ3v) is 7.24. The zero-order chi connectivity index (χ0) is 23.0. The van der Waals surface area contributed by atoms with Gasteiger partial charge in [-0.2, -0.15) is 17.8 Å². The molecule has 3 aromatic rings. The third-order valence-electron chi connectivity index (χ3n) is 5.72. The summed E-state index contributed by atoms with van der Waals surface area (Å²) in [5.74, 6) is -2.03. The number of benzene rings is 1. The Hall–Kier alpha value is -3.05. The van der Waals surface area contributed by atoms with Crippen LogP contribution in [0, 0.1) is 11.6 Å². The Kier molecular flexibility index (Phi) is 5.87. The van der Waals surface area contributed by atoms with E-state index in [-0.39, 0.29) is 35.2 Å². The molecular formula is C21H23F2N5O3S. The number of halogens is 2. The van der Waals surface area contributed by atoms with Gasteiger partial charge in [0.25, 0.3) is 5.91 Å². The minimum atomic E-state index is -4.06. The van der Waals surface area contributed by atoms with E-state index in [9.17, 15) is 17.6 Å². The van der Waals surface area contributed by atoms with Crippen LogP contribution in [0.5, 0.6) is 0 Å². The van der Waals surface area contributed by atoms with Crippen molar-refractivity contribution in [2.75, 3.05) is 25.0 Å². The summed E-state index contributed by atoms with van der Waals surface area (Å²) >= 11 is 0. The fourth-order valence-corrected chi connectivity index (χ4v) is 4.79. The molecule has 11 heteroatoms. The summed E-state index contributed by atoms with van der Waals surface area (Å²) in [5, 5.41) is 3.99. The lowest BCUT2D eigenvalue weighted by Gasteiger charge is -2.28. The molecule has 32 heavy (non-hydrogen) atoms. The number of hydrogen-bond acceptors (Lipinski definition) is 5. The van der Waals surface area contributed by atoms with Crippen LogP contribution in [-0.4, -0.2) is 48.4 Å². The van der Waals surface area contributed by atoms with Gasteiger partial charge in [0.05, 0.1) is 23.5 Å². The molecule has 1 unspecified atom stereocenters. The Labute approximate surface area is 184 Å². The van der Waals surface area contributed by atoms with E-state index in [1.165, 1.54) is 29.9 Å². The monoisotopic (exact) mass is 463 g/mol. The standard InChI is InChI=1S/C21H23F2N5O3S/c1-3-26(2)32(30,31)25-21(29)16-13-24-28-11-9-18(19(23)20(16)28)27-10-5-8-17(27)14-6-4-7-15(22)12-14/h4,6-7,9,11-13,17H,3,5,8,10H2,1-2H3,(H,25,29). The Morgan fingerprint density at radius 1 is 1.31 bits per heavy atom. The van der Waals surface area contributed by atoms with E-state index in [0.29, 0.717) is 6.54 Å². The molecule has 1 N–H and O–H groups in total. The molecule has 0 bridgehead atoms. The van der Waals surface area contributed by atoms with Crippen molar-refractivity contribution in [3.63, 3.8) is 0 Å². The van der Waals surface area contributed by atoms with Crippen molar-refractivity contribution in [2.45, 2.75) is 25.8 Å². The van der Waals surface area contributed by atoms with E-state index in [1.54, 1.807) is 25.1 Å². The molecule has 0 spiro atoms. The average molecular weight is 464 g/mol. The second kappa shape index (κ2) is 8.47. The largest absolute Gasteiger partial charge is 0.362 e. The second-order valence-electron chi connectivity index (χ2n) is 7.62. The fourth-order valence-electron chi connectivity index (χ4n) is 3.95. The summed E-state index contributed by atoms with van der Waals surface area (Å²) < 4.78 is 58.0. The Bertz CT molecular complexity index is 1280. The van der Waals surface area contributed by atoms with Crippen LogP contribution >= 0.6 is 0 Å². The first-order valence-corrected chi connectivity index (χ1v) is 11.6. The maximum Gasteiger partial charge on any atom is 0.303 e. The third kappa shape index (κ3) is 3.93. The van der Waals surface area contributed by atoms with Gasteiger partial charge in [0.15, 0.2) is 5.82 Å². The summed E-state index contributed by atoms with van der Waals surface area (Å²) in [6.07, 6.45) is 4.16. The van der Waals surface area contributed by atoms with Gasteiger partial charge in [-0.15, -0.1) is 0 Å². The number of carbonyl (C=O) groups excluding carboxylic acids is 1. The predicted octanol–water partition coefficient (Wildman–Crippen LogP) is 2.88. The number of fused-ring (bicyclic) bond motifs is 1. The molecule has 4 rings (SSSR count). The van der Waals surface area contributed by atoms with Crippen LogP contribution in [0.15, 0.2) is 42.7 Å². The highest BCUT2D eigenvalue weighted by atomic mass is 32.2. The number of carbonyl (C=O) groups is 1. The van der Waals surface area contributed by atoms with Gasteiger partial charge in [-0.3, -0.25) is 4.79 Å². The van der Waals surface area contributed by atoms with Crippen molar-refractivity contribution >= 4 is 27.3 Å². The highest BCUT2D eigenvalue weighted by Crippen LogP contribution is 2.38. The van der Waals surface area contributed by atoms with Crippen molar-refractivity contribution in [1.29, 1.82) is 0 Å². The van der Waals surface area contributed by atoms with Gasteiger partial charge >= 0.3 is 10.2 Å². The minimum absolute atomic E-state index is 0.126. The molecule has 1 aromatic carbocycles. The molecule has 2 aromatic heterocycles. The number of nitrogens with zero attached hydrogens (tertiary/aromatic N) is 4. The maximum absolute atomic E-state index is 15.7. The second-order valence-corrected chi connectivity index (χ2v) is 9.40. The van der Waals surface area contributed by atoms with Crippen molar-refractivity contribution in [2.24, 2.45) is 0 Å². The predicted molar refractivity (Wildman–Crippen MR) is 116 cm³/mol. The first-order valence-electron chi connectivity index (χ1n) is 10.2. The van der Waals surface area contributed by atoms with Crippen LogP contribution in [0.25, 0.3) is 5.52 Å². The lowest BCUT2D eigenvalue weighted by molar-refractivity contribution is 0.0981. The molecule has 8 nitrogen and oxygen atoms in total. The normalized spacial score (nSPS) is 16.8. The van der Waals surface area contributed by atoms with Crippen molar-refractivity contribution in [1.82, 2.24) is 18.6 Å². The zero-order valence-corrected chi connectivity index (χ0v) is 18.4. The van der Waals surface area contributed by atoms with Gasteiger partial charge in [-0.25, -0.2) is 18.0 Å². The molecule has 170 valence electrons. The molecule has 0 saturated carbocycles. The SMILES string of the molecule is CCN(C)S(=O)(=O)NC(=O)c1cnn2ccc(N3CCCC3c3cccc(F)c3)c(F)c12. The molecule has 1 fully saturated rings. The Morgan fingerprint density at radius 2 is 2.09 bits per heavy atom. The van der Waals surface area contributed by atoms with Gasteiger partial charge in [0.1, 0.15) is 11.3 Å². The molecule has 3 heterocycles. The molecule has 0 aliphatic carbocycles. The van der Waals surface area contributed by atoms with Gasteiger partial charge in [0.2, 0.25) is 0 Å². The number of aromatic nitrogens is 2. The number of nitrogens with one attached hydrogen (secondary N) is 1. The maximum atomic E-state index is 15.7.